The van der Waals surface area contributed by atoms with Crippen LogP contribution in [-0.4, -0.2) is 52.5 Å². The third-order valence-corrected chi connectivity index (χ3v) is 7.49. The molecule has 0 N–H and O–H groups in total. The van der Waals surface area contributed by atoms with Crippen LogP contribution >= 0.6 is 0 Å². The standard InChI is InChI=1S/C35H32F6N2O4/c1-42(2)27-13-5-23(6-14-27)21-31(44)46-29-17-9-25(10-18-29)33(34(36,37)38,35(39,40)41)26-11-19-30(20-12-26)47-32(45)22-24-7-15-28(16-8-24)43(3)4/h5-20H,21-22H2,1-4H3. The van der Waals surface area contributed by atoms with Crippen molar-refractivity contribution in [3.63, 3.8) is 0 Å². The fourth-order valence-electron chi connectivity index (χ4n) is 5.02. The summed E-state index contributed by atoms with van der Waals surface area (Å²) in [5, 5.41) is 0. The fraction of sp³-hybridized carbons (Fsp3) is 0.257. The van der Waals surface area contributed by atoms with E-state index in [-0.39, 0.29) is 24.3 Å². The summed E-state index contributed by atoms with van der Waals surface area (Å²) >= 11 is 0. The summed E-state index contributed by atoms with van der Waals surface area (Å²) in [6.07, 6.45) is -12.0. The van der Waals surface area contributed by atoms with Crippen molar-refractivity contribution in [2.75, 3.05) is 38.0 Å². The lowest BCUT2D eigenvalue weighted by atomic mass is 9.73. The van der Waals surface area contributed by atoms with E-state index in [0.29, 0.717) is 35.4 Å². The normalized spacial score (nSPS) is 12.0. The summed E-state index contributed by atoms with van der Waals surface area (Å²) in [6, 6.07) is 20.0. The number of alkyl halides is 6. The molecule has 0 heterocycles. The van der Waals surface area contributed by atoms with E-state index < -0.39 is 40.8 Å². The Kier molecular flexibility index (Phi) is 10.2. The molecule has 4 aromatic rings. The van der Waals surface area contributed by atoms with Crippen LogP contribution in [0.5, 0.6) is 11.5 Å². The number of hydrogen-bond donors (Lipinski definition) is 0. The van der Waals surface area contributed by atoms with Crippen LogP contribution in [0.25, 0.3) is 0 Å². The van der Waals surface area contributed by atoms with Gasteiger partial charge in [0.25, 0.3) is 0 Å². The van der Waals surface area contributed by atoms with E-state index >= 15 is 0 Å². The maximum absolute atomic E-state index is 14.6. The maximum atomic E-state index is 14.6. The second kappa shape index (κ2) is 13.8. The van der Waals surface area contributed by atoms with Gasteiger partial charge in [-0.1, -0.05) is 48.5 Å². The van der Waals surface area contributed by atoms with E-state index in [1.165, 1.54) is 0 Å². The van der Waals surface area contributed by atoms with Crippen LogP contribution in [0.2, 0.25) is 0 Å². The van der Waals surface area contributed by atoms with Crippen molar-refractivity contribution in [2.24, 2.45) is 0 Å². The molecule has 0 saturated heterocycles. The van der Waals surface area contributed by atoms with Crippen LogP contribution in [0.1, 0.15) is 22.3 Å². The van der Waals surface area contributed by atoms with Gasteiger partial charge in [-0.3, -0.25) is 9.59 Å². The molecule has 248 valence electrons. The van der Waals surface area contributed by atoms with E-state index in [0.717, 1.165) is 35.6 Å². The monoisotopic (exact) mass is 658 g/mol. The first-order valence-electron chi connectivity index (χ1n) is 14.3. The van der Waals surface area contributed by atoms with Crippen LogP contribution in [0.3, 0.4) is 0 Å². The van der Waals surface area contributed by atoms with Gasteiger partial charge in [-0.2, -0.15) is 26.3 Å². The van der Waals surface area contributed by atoms with Gasteiger partial charge >= 0.3 is 24.3 Å². The van der Waals surface area contributed by atoms with Gasteiger partial charge in [0.05, 0.1) is 12.8 Å². The highest BCUT2D eigenvalue weighted by Gasteiger charge is 2.72. The van der Waals surface area contributed by atoms with Gasteiger partial charge in [0.1, 0.15) is 11.5 Å². The molecule has 0 aliphatic rings. The van der Waals surface area contributed by atoms with Crippen LogP contribution in [0.15, 0.2) is 97.1 Å². The molecule has 4 rings (SSSR count). The highest BCUT2D eigenvalue weighted by atomic mass is 19.4. The predicted molar refractivity (Wildman–Crippen MR) is 166 cm³/mol. The Balaban J connectivity index is 1.54. The van der Waals surface area contributed by atoms with Crippen molar-refractivity contribution < 1.29 is 45.4 Å². The van der Waals surface area contributed by atoms with E-state index in [1.54, 1.807) is 48.5 Å². The molecule has 0 aliphatic heterocycles. The number of anilines is 2. The summed E-state index contributed by atoms with van der Waals surface area (Å²) in [7, 11) is 7.39. The largest absolute Gasteiger partial charge is 0.426 e. The van der Waals surface area contributed by atoms with Gasteiger partial charge in [-0.25, -0.2) is 0 Å². The Bertz CT molecular complexity index is 1540. The second-order valence-electron chi connectivity index (χ2n) is 11.2. The van der Waals surface area contributed by atoms with E-state index in [9.17, 15) is 35.9 Å². The molecule has 0 atom stereocenters. The molecule has 0 aromatic heterocycles. The van der Waals surface area contributed by atoms with Gasteiger partial charge in [0.2, 0.25) is 5.41 Å². The van der Waals surface area contributed by atoms with Gasteiger partial charge < -0.3 is 19.3 Å². The highest BCUT2D eigenvalue weighted by Crippen LogP contribution is 2.56. The summed E-state index contributed by atoms with van der Waals surface area (Å²) in [5.74, 6) is -1.94. The van der Waals surface area contributed by atoms with Crippen LogP contribution < -0.4 is 19.3 Å². The maximum Gasteiger partial charge on any atom is 0.411 e. The molecule has 47 heavy (non-hydrogen) atoms. The summed E-state index contributed by atoms with van der Waals surface area (Å²) in [4.78, 5) is 28.6. The topological polar surface area (TPSA) is 59.1 Å². The zero-order chi connectivity index (χ0) is 34.6. The molecule has 6 nitrogen and oxygen atoms in total. The molecule has 0 radical (unpaired) electrons. The first kappa shape index (κ1) is 34.9. The van der Waals surface area contributed by atoms with E-state index in [2.05, 4.69) is 0 Å². The first-order valence-corrected chi connectivity index (χ1v) is 14.3. The smallest absolute Gasteiger partial charge is 0.411 e. The summed E-state index contributed by atoms with van der Waals surface area (Å²) in [5.41, 5.74) is -3.70. The van der Waals surface area contributed by atoms with Crippen molar-refractivity contribution >= 4 is 23.3 Å². The van der Waals surface area contributed by atoms with Crippen LogP contribution in [-0.2, 0) is 27.8 Å². The van der Waals surface area contributed by atoms with Crippen molar-refractivity contribution in [1.29, 1.82) is 0 Å². The van der Waals surface area contributed by atoms with Gasteiger partial charge in [-0.05, 0) is 70.8 Å². The SMILES string of the molecule is CN(C)c1ccc(CC(=O)Oc2ccc(C(c3ccc(OC(=O)Cc4ccc(N(C)C)cc4)cc3)(C(F)(F)F)C(F)(F)F)cc2)cc1. The second-order valence-corrected chi connectivity index (χ2v) is 11.2. The van der Waals surface area contributed by atoms with Crippen LogP contribution in [0, 0.1) is 0 Å². The lowest BCUT2D eigenvalue weighted by molar-refractivity contribution is -0.288. The molecule has 0 amide bonds. The molecule has 0 spiro atoms. The van der Waals surface area contributed by atoms with Gasteiger partial charge in [-0.15, -0.1) is 0 Å². The molecule has 0 saturated carbocycles. The molecule has 0 aliphatic carbocycles. The van der Waals surface area contributed by atoms with Crippen LogP contribution in [0.4, 0.5) is 37.7 Å². The number of rotatable bonds is 10. The molecule has 0 fully saturated rings. The zero-order valence-corrected chi connectivity index (χ0v) is 25.9. The molecular weight excluding hydrogens is 626 g/mol. The number of carbonyl (C=O) groups is 2. The number of halogens is 6. The third kappa shape index (κ3) is 7.87. The number of esters is 2. The van der Waals surface area contributed by atoms with Crippen molar-refractivity contribution in [3.8, 4) is 11.5 Å². The molecular formula is C35H32F6N2O4. The first-order chi connectivity index (χ1) is 22.0. The number of benzene rings is 4. The number of hydrogen-bond acceptors (Lipinski definition) is 6. The Labute approximate surface area is 268 Å². The van der Waals surface area contributed by atoms with E-state index in [1.807, 2.05) is 38.0 Å². The lowest BCUT2D eigenvalue weighted by Crippen LogP contribution is -2.54. The molecule has 4 aromatic carbocycles. The molecule has 12 heteroatoms. The molecule has 0 bridgehead atoms. The minimum absolute atomic E-state index is 0.163. The minimum atomic E-state index is -5.83. The predicted octanol–water partition coefficient (Wildman–Crippen LogP) is 7.53. The van der Waals surface area contributed by atoms with Gasteiger partial charge in [0, 0.05) is 39.6 Å². The Morgan fingerprint density at radius 1 is 0.511 bits per heavy atom. The minimum Gasteiger partial charge on any atom is -0.426 e. The summed E-state index contributed by atoms with van der Waals surface area (Å²) < 4.78 is 98.0. The van der Waals surface area contributed by atoms with E-state index in [4.69, 9.17) is 9.47 Å². The average Bonchev–Trinajstić information content (AvgIpc) is 2.98. The Morgan fingerprint density at radius 3 is 1.06 bits per heavy atom. The number of carbonyl (C=O) groups excluding carboxylic acids is 2. The number of nitrogens with zero attached hydrogens (tertiary/aromatic N) is 2. The van der Waals surface area contributed by atoms with Gasteiger partial charge in [0.15, 0.2) is 0 Å². The zero-order valence-electron chi connectivity index (χ0n) is 25.9. The van der Waals surface area contributed by atoms with Crippen molar-refractivity contribution in [1.82, 2.24) is 0 Å². The third-order valence-electron chi connectivity index (χ3n) is 7.49. The van der Waals surface area contributed by atoms with Crippen molar-refractivity contribution in [3.05, 3.63) is 119 Å². The quantitative estimate of drug-likeness (QED) is 0.0999. The fourth-order valence-corrected chi connectivity index (χ4v) is 5.02. The summed E-state index contributed by atoms with van der Waals surface area (Å²) in [6.45, 7) is 0. The Hall–Kier alpha value is -5.00. The van der Waals surface area contributed by atoms with Crippen molar-refractivity contribution in [2.45, 2.75) is 30.6 Å². The highest BCUT2D eigenvalue weighted by molar-refractivity contribution is 5.76. The Morgan fingerprint density at radius 2 is 0.809 bits per heavy atom. The lowest BCUT2D eigenvalue weighted by Gasteiger charge is -2.38. The average molecular weight is 659 g/mol. The number of ether oxygens (including phenoxy) is 2. The molecule has 0 unspecified atom stereocenters.